The lowest BCUT2D eigenvalue weighted by molar-refractivity contribution is -0.300. The highest BCUT2D eigenvalue weighted by atomic mass is 79.9. The van der Waals surface area contributed by atoms with E-state index in [0.29, 0.717) is 4.47 Å². The second-order valence-electron chi connectivity index (χ2n) is 4.11. The van der Waals surface area contributed by atoms with E-state index < -0.39 is 29.9 Å². The first kappa shape index (κ1) is 16.6. The normalized spacial score (nSPS) is 12.9. The number of halogens is 7. The molecule has 1 aromatic carbocycles. The van der Waals surface area contributed by atoms with Gasteiger partial charge in [0.15, 0.2) is 0 Å². The molecule has 0 aliphatic heterocycles. The molecule has 0 aliphatic rings. The Balaban J connectivity index is 2.48. The largest absolute Gasteiger partial charge is 0.451 e. The minimum absolute atomic E-state index is 0.0269. The van der Waals surface area contributed by atoms with Crippen molar-refractivity contribution in [3.05, 3.63) is 33.0 Å². The lowest BCUT2D eigenvalue weighted by Crippen LogP contribution is -2.47. The molecule has 4 nitrogen and oxygen atoms in total. The molecule has 0 spiro atoms. The Morgan fingerprint density at radius 2 is 1.73 bits per heavy atom. The van der Waals surface area contributed by atoms with Crippen molar-refractivity contribution >= 4 is 27.0 Å². The van der Waals surface area contributed by atoms with Gasteiger partial charge in [-0.25, -0.2) is 4.98 Å². The summed E-state index contributed by atoms with van der Waals surface area (Å²) in [4.78, 5) is 17.0. The molecule has 1 N–H and O–H groups in total. The van der Waals surface area contributed by atoms with E-state index in [0.717, 1.165) is 0 Å². The molecule has 0 atom stereocenters. The van der Waals surface area contributed by atoms with Crippen LogP contribution >= 0.6 is 15.9 Å². The average molecular weight is 391 g/mol. The van der Waals surface area contributed by atoms with Crippen molar-refractivity contribution in [3.8, 4) is 5.88 Å². The van der Waals surface area contributed by atoms with E-state index in [2.05, 4.69) is 30.6 Å². The number of hydrogen-bond donors (Lipinski definition) is 1. The molecule has 1 heterocycles. The molecule has 0 fully saturated rings. The maximum Gasteiger partial charge on any atom is 0.434 e. The van der Waals surface area contributed by atoms with Crippen LogP contribution in [0.1, 0.15) is 0 Å². The number of hydrogen-bond acceptors (Lipinski definition) is 3. The quantitative estimate of drug-likeness (QED) is 0.797. The number of aromatic amines is 1. The third kappa shape index (κ3) is 3.51. The first-order valence-corrected chi connectivity index (χ1v) is 6.27. The van der Waals surface area contributed by atoms with Crippen molar-refractivity contribution < 1.29 is 31.1 Å². The third-order valence-corrected chi connectivity index (χ3v) is 2.94. The minimum Gasteiger partial charge on any atom is -0.451 e. The number of alkyl halides is 6. The topological polar surface area (TPSA) is 55.0 Å². The third-order valence-electron chi connectivity index (χ3n) is 2.45. The van der Waals surface area contributed by atoms with Gasteiger partial charge < -0.3 is 9.72 Å². The van der Waals surface area contributed by atoms with Crippen LogP contribution in [-0.2, 0) is 0 Å². The zero-order valence-electron chi connectivity index (χ0n) is 10.2. The van der Waals surface area contributed by atoms with E-state index >= 15 is 0 Å². The SMILES string of the molecule is O=c1[nH]c2cc(Br)ccc2nc1OC(C(F)(F)F)C(F)(F)F. The van der Waals surface area contributed by atoms with Gasteiger partial charge in [-0.3, -0.25) is 4.79 Å². The van der Waals surface area contributed by atoms with Crippen LogP contribution < -0.4 is 10.3 Å². The summed E-state index contributed by atoms with van der Waals surface area (Å²) in [5.74, 6) is -1.31. The molecule has 2 rings (SSSR count). The fourth-order valence-corrected chi connectivity index (χ4v) is 1.91. The molecule has 0 amide bonds. The van der Waals surface area contributed by atoms with Crippen molar-refractivity contribution in [2.24, 2.45) is 0 Å². The predicted octanol–water partition coefficient (Wildman–Crippen LogP) is 3.56. The van der Waals surface area contributed by atoms with E-state index in [9.17, 15) is 31.1 Å². The second-order valence-corrected chi connectivity index (χ2v) is 5.03. The Labute approximate surface area is 126 Å². The van der Waals surface area contributed by atoms with Crippen LogP contribution in [0.25, 0.3) is 11.0 Å². The van der Waals surface area contributed by atoms with Gasteiger partial charge in [-0.05, 0) is 18.2 Å². The number of rotatable bonds is 2. The fraction of sp³-hybridized carbons (Fsp3) is 0.273. The van der Waals surface area contributed by atoms with Gasteiger partial charge in [-0.15, -0.1) is 0 Å². The van der Waals surface area contributed by atoms with Crippen molar-refractivity contribution in [2.45, 2.75) is 18.5 Å². The van der Waals surface area contributed by atoms with Gasteiger partial charge in [0, 0.05) is 4.47 Å². The number of ether oxygens (including phenoxy) is 1. The zero-order chi connectivity index (χ0) is 16.7. The molecular formula is C11H5BrF6N2O2. The fourth-order valence-electron chi connectivity index (χ4n) is 1.55. The van der Waals surface area contributed by atoms with Crippen LogP contribution in [0.3, 0.4) is 0 Å². The van der Waals surface area contributed by atoms with Gasteiger partial charge in [-0.1, -0.05) is 15.9 Å². The smallest absolute Gasteiger partial charge is 0.434 e. The van der Waals surface area contributed by atoms with E-state index in [1.165, 1.54) is 18.2 Å². The highest BCUT2D eigenvalue weighted by molar-refractivity contribution is 9.10. The van der Waals surface area contributed by atoms with Crippen molar-refractivity contribution in [2.75, 3.05) is 0 Å². The standard InChI is InChI=1S/C11H5BrF6N2O2/c12-4-1-2-5-6(3-4)19-7(21)8(20-5)22-9(10(13,14)15)11(16,17)18/h1-3,9H,(H,19,21). The Hall–Kier alpha value is -1.78. The van der Waals surface area contributed by atoms with Gasteiger partial charge in [-0.2, -0.15) is 26.3 Å². The van der Waals surface area contributed by atoms with Gasteiger partial charge in [0.25, 0.3) is 12.0 Å². The molecule has 0 radical (unpaired) electrons. The molecule has 0 aliphatic carbocycles. The number of benzene rings is 1. The predicted molar refractivity (Wildman–Crippen MR) is 66.6 cm³/mol. The number of nitrogens with zero attached hydrogens (tertiary/aromatic N) is 1. The summed E-state index contributed by atoms with van der Waals surface area (Å²) in [6, 6.07) is 4.12. The maximum absolute atomic E-state index is 12.4. The van der Waals surface area contributed by atoms with E-state index in [-0.39, 0.29) is 11.0 Å². The van der Waals surface area contributed by atoms with Crippen molar-refractivity contribution in [1.82, 2.24) is 9.97 Å². The van der Waals surface area contributed by atoms with Crippen LogP contribution in [-0.4, -0.2) is 28.4 Å². The lowest BCUT2D eigenvalue weighted by atomic mass is 10.3. The van der Waals surface area contributed by atoms with Crippen molar-refractivity contribution in [1.29, 1.82) is 0 Å². The molecule has 0 saturated heterocycles. The summed E-state index contributed by atoms with van der Waals surface area (Å²) < 4.78 is 78.8. The lowest BCUT2D eigenvalue weighted by Gasteiger charge is -2.22. The summed E-state index contributed by atoms with van der Waals surface area (Å²) in [5, 5.41) is 0. The van der Waals surface area contributed by atoms with Crippen LogP contribution in [0.2, 0.25) is 0 Å². The van der Waals surface area contributed by atoms with Gasteiger partial charge in [0.1, 0.15) is 0 Å². The zero-order valence-corrected chi connectivity index (χ0v) is 11.8. The van der Waals surface area contributed by atoms with Gasteiger partial charge in [0.2, 0.25) is 0 Å². The first-order chi connectivity index (χ1) is 9.98. The highest BCUT2D eigenvalue weighted by Gasteiger charge is 2.59. The molecule has 11 heteroatoms. The Morgan fingerprint density at radius 1 is 1.14 bits per heavy atom. The first-order valence-electron chi connectivity index (χ1n) is 5.48. The maximum atomic E-state index is 12.4. The van der Waals surface area contributed by atoms with Crippen LogP contribution in [0.5, 0.6) is 5.88 Å². The number of H-pyrrole nitrogens is 1. The van der Waals surface area contributed by atoms with Crippen LogP contribution in [0.4, 0.5) is 26.3 Å². The van der Waals surface area contributed by atoms with Crippen LogP contribution in [0, 0.1) is 0 Å². The summed E-state index contributed by atoms with van der Waals surface area (Å²) >= 11 is 3.09. The molecule has 120 valence electrons. The van der Waals surface area contributed by atoms with Crippen LogP contribution in [0.15, 0.2) is 27.5 Å². The van der Waals surface area contributed by atoms with Gasteiger partial charge >= 0.3 is 17.9 Å². The summed E-state index contributed by atoms with van der Waals surface area (Å²) in [5.41, 5.74) is -1.20. The summed E-state index contributed by atoms with van der Waals surface area (Å²) in [6.07, 6.45) is -15.6. The average Bonchev–Trinajstić information content (AvgIpc) is 2.33. The monoisotopic (exact) mass is 390 g/mol. The minimum atomic E-state index is -5.74. The van der Waals surface area contributed by atoms with E-state index in [1.54, 1.807) is 0 Å². The molecule has 0 unspecified atom stereocenters. The molecule has 1 aromatic heterocycles. The van der Waals surface area contributed by atoms with E-state index in [1.807, 2.05) is 0 Å². The summed E-state index contributed by atoms with van der Waals surface area (Å²) in [6.45, 7) is 0. The second kappa shape index (κ2) is 5.45. The van der Waals surface area contributed by atoms with E-state index in [4.69, 9.17) is 0 Å². The summed E-state index contributed by atoms with van der Waals surface area (Å²) in [7, 11) is 0. The number of aromatic nitrogens is 2. The van der Waals surface area contributed by atoms with Crippen molar-refractivity contribution in [3.63, 3.8) is 0 Å². The molecule has 22 heavy (non-hydrogen) atoms. The highest BCUT2D eigenvalue weighted by Crippen LogP contribution is 2.35. The molecule has 0 bridgehead atoms. The Kier molecular flexibility index (Phi) is 4.11. The number of fused-ring (bicyclic) bond motifs is 1. The molecular weight excluding hydrogens is 386 g/mol. The molecule has 0 saturated carbocycles. The molecule has 2 aromatic rings. The Bertz CT molecular complexity index is 741. The number of nitrogens with one attached hydrogen (secondary N) is 1. The Morgan fingerprint density at radius 3 is 2.27 bits per heavy atom. The van der Waals surface area contributed by atoms with Gasteiger partial charge in [0.05, 0.1) is 11.0 Å².